The summed E-state index contributed by atoms with van der Waals surface area (Å²) < 4.78 is 1.71. The Kier molecular flexibility index (Phi) is 4.87. The maximum Gasteiger partial charge on any atom is 0.254 e. The van der Waals surface area contributed by atoms with E-state index in [1.807, 2.05) is 25.1 Å². The third-order valence-electron chi connectivity index (χ3n) is 5.01. The Morgan fingerprint density at radius 2 is 2.08 bits per heavy atom. The number of aromatic nitrogens is 3. The molecule has 2 atom stereocenters. The van der Waals surface area contributed by atoms with Gasteiger partial charge in [-0.05, 0) is 56.5 Å². The van der Waals surface area contributed by atoms with E-state index in [2.05, 4.69) is 20.3 Å². The van der Waals surface area contributed by atoms with Crippen LogP contribution in [0, 0.1) is 6.92 Å². The van der Waals surface area contributed by atoms with Crippen LogP contribution in [0.4, 0.5) is 0 Å². The Balaban J connectivity index is 0.00000169. The Morgan fingerprint density at radius 1 is 1.25 bits per heavy atom. The highest BCUT2D eigenvalue weighted by atomic mass is 35.5. The van der Waals surface area contributed by atoms with E-state index in [4.69, 9.17) is 0 Å². The molecule has 0 radical (unpaired) electrons. The third kappa shape index (κ3) is 2.91. The fourth-order valence-corrected chi connectivity index (χ4v) is 3.82. The van der Waals surface area contributed by atoms with Gasteiger partial charge in [-0.15, -0.1) is 12.4 Å². The summed E-state index contributed by atoms with van der Waals surface area (Å²) in [6.07, 6.45) is 6.47. The van der Waals surface area contributed by atoms with E-state index in [1.54, 1.807) is 11.0 Å². The molecular weight excluding hydrogens is 326 g/mol. The van der Waals surface area contributed by atoms with Crippen molar-refractivity contribution in [2.75, 3.05) is 13.1 Å². The molecule has 3 heterocycles. The Bertz CT molecular complexity index is 704. The zero-order chi connectivity index (χ0) is 15.8. The first-order valence-electron chi connectivity index (χ1n) is 8.23. The topological polar surface area (TPSA) is 63.1 Å². The second-order valence-corrected chi connectivity index (χ2v) is 6.43. The first-order valence-corrected chi connectivity index (χ1v) is 8.23. The molecule has 2 saturated heterocycles. The van der Waals surface area contributed by atoms with Crippen LogP contribution < -0.4 is 5.32 Å². The minimum Gasteiger partial charge on any atom is -0.331 e. The van der Waals surface area contributed by atoms with E-state index in [9.17, 15) is 4.79 Å². The summed E-state index contributed by atoms with van der Waals surface area (Å²) in [6, 6.07) is 6.58. The maximum atomic E-state index is 13.1. The number of nitrogens with zero attached hydrogens (tertiary/aromatic N) is 4. The minimum absolute atomic E-state index is 0. The number of halogens is 1. The van der Waals surface area contributed by atoms with Crippen molar-refractivity contribution in [3.8, 4) is 5.69 Å². The van der Waals surface area contributed by atoms with Gasteiger partial charge in [-0.25, -0.2) is 9.67 Å². The highest BCUT2D eigenvalue weighted by molar-refractivity contribution is 5.96. The van der Waals surface area contributed by atoms with E-state index in [-0.39, 0.29) is 18.3 Å². The van der Waals surface area contributed by atoms with Crippen molar-refractivity contribution in [1.82, 2.24) is 25.0 Å². The Labute approximate surface area is 147 Å². The van der Waals surface area contributed by atoms with Gasteiger partial charge >= 0.3 is 0 Å². The number of fused-ring (bicyclic) bond motifs is 2. The van der Waals surface area contributed by atoms with Crippen molar-refractivity contribution in [2.45, 2.75) is 38.3 Å². The lowest BCUT2D eigenvalue weighted by Crippen LogP contribution is -2.42. The Hall–Kier alpha value is -1.92. The molecule has 4 rings (SSSR count). The average molecular weight is 348 g/mol. The quantitative estimate of drug-likeness (QED) is 0.902. The second kappa shape index (κ2) is 6.91. The molecule has 1 amide bonds. The van der Waals surface area contributed by atoms with Crippen LogP contribution in [0.1, 0.15) is 35.2 Å². The van der Waals surface area contributed by atoms with Crippen LogP contribution in [0.2, 0.25) is 0 Å². The molecule has 2 fully saturated rings. The van der Waals surface area contributed by atoms with E-state index >= 15 is 0 Å². The van der Waals surface area contributed by atoms with Crippen LogP contribution in [-0.2, 0) is 0 Å². The normalized spacial score (nSPS) is 22.8. The van der Waals surface area contributed by atoms with E-state index in [1.165, 1.54) is 6.33 Å². The molecule has 2 aliphatic heterocycles. The number of carbonyl (C=O) groups excluding carboxylic acids is 1. The SMILES string of the molecule is Cc1cc(-n2cncn2)ccc1C(=O)N1C2CCNCC1CC2.Cl. The van der Waals surface area contributed by atoms with Crippen molar-refractivity contribution >= 4 is 18.3 Å². The van der Waals surface area contributed by atoms with Crippen molar-refractivity contribution < 1.29 is 4.79 Å². The lowest BCUT2D eigenvalue weighted by atomic mass is 10.1. The molecule has 2 aromatic rings. The van der Waals surface area contributed by atoms with Gasteiger partial charge in [0.15, 0.2) is 0 Å². The summed E-state index contributed by atoms with van der Waals surface area (Å²) in [6.45, 7) is 3.92. The van der Waals surface area contributed by atoms with Crippen molar-refractivity contribution in [3.05, 3.63) is 42.0 Å². The van der Waals surface area contributed by atoms with Crippen LogP contribution in [0.3, 0.4) is 0 Å². The summed E-state index contributed by atoms with van der Waals surface area (Å²) >= 11 is 0. The van der Waals surface area contributed by atoms with Crippen molar-refractivity contribution in [1.29, 1.82) is 0 Å². The van der Waals surface area contributed by atoms with Crippen LogP contribution in [-0.4, -0.2) is 50.7 Å². The second-order valence-electron chi connectivity index (χ2n) is 6.43. The van der Waals surface area contributed by atoms with Gasteiger partial charge in [-0.2, -0.15) is 5.10 Å². The van der Waals surface area contributed by atoms with Crippen molar-refractivity contribution in [2.24, 2.45) is 0 Å². The molecule has 7 heteroatoms. The largest absolute Gasteiger partial charge is 0.331 e. The lowest BCUT2D eigenvalue weighted by molar-refractivity contribution is 0.0679. The fourth-order valence-electron chi connectivity index (χ4n) is 3.82. The minimum atomic E-state index is 0. The highest BCUT2D eigenvalue weighted by Crippen LogP contribution is 2.30. The molecule has 0 saturated carbocycles. The van der Waals surface area contributed by atoms with Gasteiger partial charge in [-0.1, -0.05) is 0 Å². The maximum absolute atomic E-state index is 13.1. The van der Waals surface area contributed by atoms with Gasteiger partial charge in [0.05, 0.1) is 5.69 Å². The third-order valence-corrected chi connectivity index (χ3v) is 5.01. The Morgan fingerprint density at radius 3 is 2.83 bits per heavy atom. The van der Waals surface area contributed by atoms with Gasteiger partial charge in [0.2, 0.25) is 0 Å². The number of nitrogens with one attached hydrogen (secondary N) is 1. The highest BCUT2D eigenvalue weighted by Gasteiger charge is 2.38. The number of hydrogen-bond donors (Lipinski definition) is 1. The van der Waals surface area contributed by atoms with Gasteiger partial charge in [0.1, 0.15) is 12.7 Å². The number of rotatable bonds is 2. The van der Waals surface area contributed by atoms with Crippen LogP contribution in [0.15, 0.2) is 30.9 Å². The molecule has 1 aromatic heterocycles. The molecule has 2 aliphatic rings. The van der Waals surface area contributed by atoms with Gasteiger partial charge in [0.25, 0.3) is 5.91 Å². The summed E-state index contributed by atoms with van der Waals surface area (Å²) in [5, 5.41) is 7.59. The number of amides is 1. The molecular formula is C17H22ClN5O. The molecule has 0 aliphatic carbocycles. The molecule has 128 valence electrons. The monoisotopic (exact) mass is 347 g/mol. The first-order chi connectivity index (χ1) is 11.2. The molecule has 1 aromatic carbocycles. The van der Waals surface area contributed by atoms with Crippen LogP contribution >= 0.6 is 12.4 Å². The lowest BCUT2D eigenvalue weighted by Gasteiger charge is -2.28. The van der Waals surface area contributed by atoms with Crippen LogP contribution in [0.25, 0.3) is 5.69 Å². The average Bonchev–Trinajstić information content (AvgIpc) is 3.14. The molecule has 1 N–H and O–H groups in total. The summed E-state index contributed by atoms with van der Waals surface area (Å²) in [7, 11) is 0. The van der Waals surface area contributed by atoms with E-state index in [0.717, 1.165) is 49.2 Å². The van der Waals surface area contributed by atoms with Gasteiger partial charge < -0.3 is 10.2 Å². The van der Waals surface area contributed by atoms with E-state index in [0.29, 0.717) is 12.1 Å². The van der Waals surface area contributed by atoms with E-state index < -0.39 is 0 Å². The summed E-state index contributed by atoms with van der Waals surface area (Å²) in [4.78, 5) is 19.2. The predicted molar refractivity (Wildman–Crippen MR) is 93.8 cm³/mol. The first kappa shape index (κ1) is 16.9. The number of benzene rings is 1. The zero-order valence-corrected chi connectivity index (χ0v) is 14.5. The molecule has 24 heavy (non-hydrogen) atoms. The van der Waals surface area contributed by atoms with Gasteiger partial charge in [-0.3, -0.25) is 4.79 Å². The summed E-state index contributed by atoms with van der Waals surface area (Å²) in [5.41, 5.74) is 2.71. The number of hydrogen-bond acceptors (Lipinski definition) is 4. The number of aryl methyl sites for hydroxylation is 1. The summed E-state index contributed by atoms with van der Waals surface area (Å²) in [5.74, 6) is 0.170. The standard InChI is InChI=1S/C17H21N5O.ClH/c1-12-8-14(21-11-19-10-20-21)4-5-16(12)17(23)22-13-2-3-15(22)9-18-7-6-13;/h4-5,8,10-11,13,15,18H,2-3,6-7,9H2,1H3;1H. The van der Waals surface area contributed by atoms with Crippen LogP contribution in [0.5, 0.6) is 0 Å². The van der Waals surface area contributed by atoms with Gasteiger partial charge in [0, 0.05) is 24.2 Å². The van der Waals surface area contributed by atoms with Crippen molar-refractivity contribution in [3.63, 3.8) is 0 Å². The smallest absolute Gasteiger partial charge is 0.254 e. The molecule has 2 unspecified atom stereocenters. The molecule has 0 spiro atoms. The predicted octanol–water partition coefficient (Wildman–Crippen LogP) is 1.96. The number of carbonyl (C=O) groups is 1. The molecule has 6 nitrogen and oxygen atoms in total. The zero-order valence-electron chi connectivity index (χ0n) is 13.7. The fraction of sp³-hybridized carbons (Fsp3) is 0.471. The molecule has 2 bridgehead atoms.